The molecule has 128 valence electrons. The number of nitrogens with two attached hydrogens (primary N) is 1. The third-order valence-corrected chi connectivity index (χ3v) is 4.57. The largest absolute Gasteiger partial charge is 0.396 e. The number of rotatable bonds is 6. The van der Waals surface area contributed by atoms with E-state index in [9.17, 15) is 4.79 Å². The molecule has 1 aromatic heterocycles. The van der Waals surface area contributed by atoms with Crippen LogP contribution in [0.25, 0.3) is 0 Å². The van der Waals surface area contributed by atoms with Crippen molar-refractivity contribution >= 4 is 11.6 Å². The maximum absolute atomic E-state index is 12.0. The lowest BCUT2D eigenvalue weighted by molar-refractivity contribution is -0.122. The number of benzene rings is 1. The summed E-state index contributed by atoms with van der Waals surface area (Å²) < 4.78 is 1.56. The highest BCUT2D eigenvalue weighted by molar-refractivity contribution is 5.75. The number of carbonyl (C=O) groups is 1. The second-order valence-electron chi connectivity index (χ2n) is 6.59. The van der Waals surface area contributed by atoms with E-state index in [-0.39, 0.29) is 12.5 Å². The highest BCUT2D eigenvalue weighted by Crippen LogP contribution is 2.19. The van der Waals surface area contributed by atoms with Crippen molar-refractivity contribution in [1.29, 1.82) is 0 Å². The Labute approximate surface area is 142 Å². The smallest absolute Gasteiger partial charge is 0.241 e. The maximum atomic E-state index is 12.0. The van der Waals surface area contributed by atoms with E-state index >= 15 is 0 Å². The second-order valence-corrected chi connectivity index (χ2v) is 6.59. The van der Waals surface area contributed by atoms with Crippen LogP contribution < -0.4 is 11.1 Å². The molecule has 1 atom stereocenters. The van der Waals surface area contributed by atoms with E-state index in [0.29, 0.717) is 11.6 Å². The lowest BCUT2D eigenvalue weighted by Gasteiger charge is -2.17. The summed E-state index contributed by atoms with van der Waals surface area (Å²) >= 11 is 0. The van der Waals surface area contributed by atoms with Gasteiger partial charge in [-0.15, -0.1) is 0 Å². The number of hydrogen-bond acceptors (Lipinski definition) is 4. The van der Waals surface area contributed by atoms with Gasteiger partial charge in [0, 0.05) is 25.8 Å². The fourth-order valence-electron chi connectivity index (χ4n) is 3.18. The SMILES string of the molecule is Cc1ccccc1CN1CC[C@@H](CNC(=O)Cn2cc(N)cn2)C1. The van der Waals surface area contributed by atoms with Crippen molar-refractivity contribution in [1.82, 2.24) is 20.0 Å². The van der Waals surface area contributed by atoms with E-state index < -0.39 is 0 Å². The number of likely N-dealkylation sites (tertiary alicyclic amines) is 1. The zero-order valence-electron chi connectivity index (χ0n) is 14.1. The first-order chi connectivity index (χ1) is 11.6. The number of amides is 1. The van der Waals surface area contributed by atoms with Gasteiger partial charge in [0.15, 0.2) is 0 Å². The zero-order valence-corrected chi connectivity index (χ0v) is 14.1. The van der Waals surface area contributed by atoms with E-state index in [1.165, 1.54) is 11.1 Å². The quantitative estimate of drug-likeness (QED) is 0.841. The Kier molecular flexibility index (Phi) is 5.15. The van der Waals surface area contributed by atoms with Crippen LogP contribution in [0.5, 0.6) is 0 Å². The summed E-state index contributed by atoms with van der Waals surface area (Å²) in [5.74, 6) is 0.496. The predicted octanol–water partition coefficient (Wildman–Crippen LogP) is 1.41. The van der Waals surface area contributed by atoms with Crippen LogP contribution in [-0.2, 0) is 17.9 Å². The van der Waals surface area contributed by atoms with Gasteiger partial charge in [-0.1, -0.05) is 24.3 Å². The first kappa shape index (κ1) is 16.5. The molecule has 1 aliphatic rings. The molecule has 0 unspecified atom stereocenters. The molecule has 1 aromatic carbocycles. The van der Waals surface area contributed by atoms with E-state index in [0.717, 1.165) is 32.6 Å². The molecule has 3 N–H and O–H groups in total. The Morgan fingerprint density at radius 3 is 3.00 bits per heavy atom. The Morgan fingerprint density at radius 1 is 1.42 bits per heavy atom. The van der Waals surface area contributed by atoms with Gasteiger partial charge in [0.05, 0.1) is 11.9 Å². The summed E-state index contributed by atoms with van der Waals surface area (Å²) in [6.07, 6.45) is 4.34. The van der Waals surface area contributed by atoms with E-state index in [1.54, 1.807) is 17.1 Å². The average Bonchev–Trinajstić information content (AvgIpc) is 3.17. The molecule has 2 aromatic rings. The fraction of sp³-hybridized carbons (Fsp3) is 0.444. The summed E-state index contributed by atoms with van der Waals surface area (Å²) in [5, 5.41) is 7.04. The Balaban J connectivity index is 1.41. The van der Waals surface area contributed by atoms with Crippen molar-refractivity contribution in [3.63, 3.8) is 0 Å². The van der Waals surface area contributed by atoms with Gasteiger partial charge in [-0.05, 0) is 36.9 Å². The number of aromatic nitrogens is 2. The van der Waals surface area contributed by atoms with E-state index in [1.807, 2.05) is 0 Å². The van der Waals surface area contributed by atoms with Crippen LogP contribution in [0.2, 0.25) is 0 Å². The van der Waals surface area contributed by atoms with E-state index in [2.05, 4.69) is 46.5 Å². The normalized spacial score (nSPS) is 18.0. The van der Waals surface area contributed by atoms with Gasteiger partial charge in [-0.3, -0.25) is 14.4 Å². The van der Waals surface area contributed by atoms with Gasteiger partial charge in [0.2, 0.25) is 5.91 Å². The van der Waals surface area contributed by atoms with Gasteiger partial charge in [-0.2, -0.15) is 5.10 Å². The second kappa shape index (κ2) is 7.49. The van der Waals surface area contributed by atoms with Gasteiger partial charge in [-0.25, -0.2) is 0 Å². The summed E-state index contributed by atoms with van der Waals surface area (Å²) in [5.41, 5.74) is 8.90. The lowest BCUT2D eigenvalue weighted by atomic mass is 10.1. The number of nitrogen functional groups attached to an aromatic ring is 1. The molecule has 0 radical (unpaired) electrons. The van der Waals surface area contributed by atoms with Crippen molar-refractivity contribution in [2.75, 3.05) is 25.4 Å². The summed E-state index contributed by atoms with van der Waals surface area (Å²) in [4.78, 5) is 14.4. The van der Waals surface area contributed by atoms with Gasteiger partial charge >= 0.3 is 0 Å². The third kappa shape index (κ3) is 4.35. The Morgan fingerprint density at radius 2 is 2.25 bits per heavy atom. The topological polar surface area (TPSA) is 76.2 Å². The molecular weight excluding hydrogens is 302 g/mol. The number of hydrogen-bond donors (Lipinski definition) is 2. The minimum Gasteiger partial charge on any atom is -0.396 e. The molecule has 0 saturated carbocycles. The van der Waals surface area contributed by atoms with Crippen molar-refractivity contribution in [2.45, 2.75) is 26.4 Å². The average molecular weight is 327 g/mol. The maximum Gasteiger partial charge on any atom is 0.241 e. The summed E-state index contributed by atoms with van der Waals surface area (Å²) in [7, 11) is 0. The number of nitrogens with zero attached hydrogens (tertiary/aromatic N) is 3. The van der Waals surface area contributed by atoms with Crippen LogP contribution in [0.3, 0.4) is 0 Å². The monoisotopic (exact) mass is 327 g/mol. The summed E-state index contributed by atoms with van der Waals surface area (Å²) in [6, 6.07) is 8.53. The first-order valence-corrected chi connectivity index (χ1v) is 8.41. The molecule has 1 saturated heterocycles. The minimum atomic E-state index is -0.0181. The molecule has 1 fully saturated rings. The number of aryl methyl sites for hydroxylation is 1. The molecule has 2 heterocycles. The highest BCUT2D eigenvalue weighted by Gasteiger charge is 2.23. The van der Waals surface area contributed by atoms with Crippen LogP contribution in [0.1, 0.15) is 17.5 Å². The van der Waals surface area contributed by atoms with Crippen molar-refractivity contribution < 1.29 is 4.79 Å². The van der Waals surface area contributed by atoms with Crippen molar-refractivity contribution in [3.05, 3.63) is 47.8 Å². The molecule has 0 aliphatic carbocycles. The highest BCUT2D eigenvalue weighted by atomic mass is 16.2. The van der Waals surface area contributed by atoms with E-state index in [4.69, 9.17) is 5.73 Å². The molecule has 24 heavy (non-hydrogen) atoms. The van der Waals surface area contributed by atoms with Crippen LogP contribution in [0.15, 0.2) is 36.7 Å². The Bertz CT molecular complexity index is 696. The van der Waals surface area contributed by atoms with Crippen molar-refractivity contribution in [3.8, 4) is 0 Å². The molecule has 6 nitrogen and oxygen atoms in total. The van der Waals surface area contributed by atoms with Crippen LogP contribution in [0.4, 0.5) is 5.69 Å². The molecular formula is C18H25N5O. The van der Waals surface area contributed by atoms with Crippen LogP contribution in [-0.4, -0.2) is 40.2 Å². The van der Waals surface area contributed by atoms with Crippen LogP contribution >= 0.6 is 0 Å². The Hall–Kier alpha value is -2.34. The van der Waals surface area contributed by atoms with Crippen molar-refractivity contribution in [2.24, 2.45) is 5.92 Å². The predicted molar refractivity (Wildman–Crippen MR) is 94.2 cm³/mol. The number of nitrogens with one attached hydrogen (secondary N) is 1. The molecule has 0 bridgehead atoms. The van der Waals surface area contributed by atoms with Gasteiger partial charge in [0.1, 0.15) is 6.54 Å². The number of anilines is 1. The molecule has 1 aliphatic heterocycles. The summed E-state index contributed by atoms with van der Waals surface area (Å²) in [6.45, 7) is 6.21. The van der Waals surface area contributed by atoms with Gasteiger partial charge in [0.25, 0.3) is 0 Å². The first-order valence-electron chi connectivity index (χ1n) is 8.41. The minimum absolute atomic E-state index is 0.0181. The standard InChI is InChI=1S/C18H25N5O/c1-14-4-2-3-5-16(14)11-22-7-6-15(10-22)8-20-18(24)13-23-12-17(19)9-21-23/h2-5,9,12,15H,6-8,10-11,13,19H2,1H3,(H,20,24)/t15-/m0/s1. The zero-order chi connectivity index (χ0) is 16.9. The molecule has 3 rings (SSSR count). The fourth-order valence-corrected chi connectivity index (χ4v) is 3.18. The molecule has 6 heteroatoms. The van der Waals surface area contributed by atoms with Crippen LogP contribution in [0, 0.1) is 12.8 Å². The molecule has 1 amide bonds. The number of carbonyl (C=O) groups excluding carboxylic acids is 1. The van der Waals surface area contributed by atoms with Gasteiger partial charge < -0.3 is 11.1 Å². The lowest BCUT2D eigenvalue weighted by Crippen LogP contribution is -2.33. The third-order valence-electron chi connectivity index (χ3n) is 4.57. The molecule has 0 spiro atoms.